The minimum Gasteiger partial charge on any atom is -0.466 e. The first-order valence-corrected chi connectivity index (χ1v) is 5.95. The maximum Gasteiger partial charge on any atom is 0.306 e. The van der Waals surface area contributed by atoms with Crippen molar-refractivity contribution >= 4 is 11.8 Å². The Morgan fingerprint density at radius 2 is 1.94 bits per heavy atom. The molecule has 0 radical (unpaired) electrons. The zero-order valence-electron chi connectivity index (χ0n) is 11.0. The van der Waals surface area contributed by atoms with Crippen molar-refractivity contribution < 1.29 is 19.1 Å². The predicted molar refractivity (Wildman–Crippen MR) is 64.9 cm³/mol. The molecule has 0 rings (SSSR count). The fourth-order valence-electron chi connectivity index (χ4n) is 1.41. The lowest BCUT2D eigenvalue weighted by molar-refractivity contribution is -0.144. The van der Waals surface area contributed by atoms with Crippen LogP contribution in [0.15, 0.2) is 0 Å². The first-order valence-electron chi connectivity index (χ1n) is 5.95. The molecule has 0 saturated carbocycles. The fourth-order valence-corrected chi connectivity index (χ4v) is 1.41. The van der Waals surface area contributed by atoms with Crippen molar-refractivity contribution in [1.29, 1.82) is 0 Å². The molecule has 0 fully saturated rings. The van der Waals surface area contributed by atoms with Crippen molar-refractivity contribution in [1.82, 2.24) is 4.90 Å². The maximum absolute atomic E-state index is 11.5. The number of rotatable bonds is 10. The van der Waals surface area contributed by atoms with Gasteiger partial charge in [0.2, 0.25) is 0 Å². The molecule has 0 amide bonds. The topological polar surface area (TPSA) is 55.8 Å². The van der Waals surface area contributed by atoms with Gasteiger partial charge in [-0.05, 0) is 20.4 Å². The summed E-state index contributed by atoms with van der Waals surface area (Å²) in [7, 11) is 3.54. The summed E-state index contributed by atoms with van der Waals surface area (Å²) in [6.07, 6.45) is 1.34. The summed E-state index contributed by atoms with van der Waals surface area (Å²) in [6, 6.07) is 0. The quantitative estimate of drug-likeness (QED) is 0.422. The van der Waals surface area contributed by atoms with Crippen molar-refractivity contribution in [2.75, 3.05) is 40.5 Å². The largest absolute Gasteiger partial charge is 0.466 e. The van der Waals surface area contributed by atoms with Gasteiger partial charge in [-0.3, -0.25) is 14.5 Å². The van der Waals surface area contributed by atoms with E-state index < -0.39 is 0 Å². The van der Waals surface area contributed by atoms with Crippen molar-refractivity contribution in [3.8, 4) is 0 Å². The zero-order valence-corrected chi connectivity index (χ0v) is 11.0. The van der Waals surface area contributed by atoms with Crippen molar-refractivity contribution in [2.24, 2.45) is 0 Å². The molecule has 17 heavy (non-hydrogen) atoms. The van der Waals surface area contributed by atoms with Gasteiger partial charge in [-0.15, -0.1) is 0 Å². The molecule has 0 saturated heterocycles. The summed E-state index contributed by atoms with van der Waals surface area (Å²) in [6.45, 7) is 4.01. The molecular weight excluding hydrogens is 222 g/mol. The third kappa shape index (κ3) is 9.96. The normalized spacial score (nSPS) is 10.6. The molecule has 0 bridgehead atoms. The van der Waals surface area contributed by atoms with E-state index in [0.717, 1.165) is 13.0 Å². The Balaban J connectivity index is 3.60. The molecule has 0 aliphatic carbocycles. The lowest BCUT2D eigenvalue weighted by atomic mass is 10.2. The molecule has 0 heterocycles. The molecule has 100 valence electrons. The molecule has 0 aromatic heterocycles. The Morgan fingerprint density at radius 1 is 1.24 bits per heavy atom. The summed E-state index contributed by atoms with van der Waals surface area (Å²) in [4.78, 5) is 24.5. The van der Waals surface area contributed by atoms with E-state index in [9.17, 15) is 9.59 Å². The van der Waals surface area contributed by atoms with Crippen molar-refractivity contribution in [2.45, 2.75) is 26.2 Å². The standard InChI is InChI=1S/C12H23NO4/c1-4-17-12(15)7-6-11(14)10-13(2)8-5-9-16-3/h4-10H2,1-3H3. The third-order valence-corrected chi connectivity index (χ3v) is 2.25. The van der Waals surface area contributed by atoms with Crippen LogP contribution in [-0.2, 0) is 19.1 Å². The number of carbonyl (C=O) groups excluding carboxylic acids is 2. The third-order valence-electron chi connectivity index (χ3n) is 2.25. The average molecular weight is 245 g/mol. The number of carbonyl (C=O) groups is 2. The minimum atomic E-state index is -0.303. The summed E-state index contributed by atoms with van der Waals surface area (Å²) in [5.41, 5.74) is 0. The Morgan fingerprint density at radius 3 is 2.53 bits per heavy atom. The second-order valence-electron chi connectivity index (χ2n) is 3.93. The van der Waals surface area contributed by atoms with Gasteiger partial charge in [0.05, 0.1) is 19.6 Å². The summed E-state index contributed by atoms with van der Waals surface area (Å²) in [5, 5.41) is 0. The van der Waals surface area contributed by atoms with Gasteiger partial charge in [-0.25, -0.2) is 0 Å². The van der Waals surface area contributed by atoms with Crippen LogP contribution in [0.2, 0.25) is 0 Å². The number of nitrogens with zero attached hydrogens (tertiary/aromatic N) is 1. The zero-order chi connectivity index (χ0) is 13.1. The fraction of sp³-hybridized carbons (Fsp3) is 0.833. The van der Waals surface area contributed by atoms with Crippen LogP contribution in [-0.4, -0.2) is 57.1 Å². The second kappa shape index (κ2) is 10.2. The number of methoxy groups -OCH3 is 1. The summed E-state index contributed by atoms with van der Waals surface area (Å²) >= 11 is 0. The Hall–Kier alpha value is -0.940. The van der Waals surface area contributed by atoms with Gasteiger partial charge >= 0.3 is 5.97 Å². The molecule has 0 spiro atoms. The van der Waals surface area contributed by atoms with E-state index in [1.165, 1.54) is 0 Å². The SMILES string of the molecule is CCOC(=O)CCC(=O)CN(C)CCCOC. The number of esters is 1. The molecule has 0 aliphatic heterocycles. The Kier molecular flexibility index (Phi) is 9.66. The Bertz CT molecular complexity index is 231. The highest BCUT2D eigenvalue weighted by molar-refractivity contribution is 5.84. The number of hydrogen-bond donors (Lipinski definition) is 0. The number of ketones is 1. The van der Waals surface area contributed by atoms with Crippen LogP contribution < -0.4 is 0 Å². The molecule has 0 N–H and O–H groups in total. The van der Waals surface area contributed by atoms with E-state index in [4.69, 9.17) is 9.47 Å². The molecule has 0 aliphatic rings. The van der Waals surface area contributed by atoms with Crippen LogP contribution in [0.5, 0.6) is 0 Å². The van der Waals surface area contributed by atoms with E-state index in [1.54, 1.807) is 14.0 Å². The molecular formula is C12H23NO4. The Labute approximate surface area is 103 Å². The van der Waals surface area contributed by atoms with E-state index in [2.05, 4.69) is 0 Å². The van der Waals surface area contributed by atoms with Gasteiger partial charge in [0.25, 0.3) is 0 Å². The van der Waals surface area contributed by atoms with Gasteiger partial charge in [0.15, 0.2) is 0 Å². The van der Waals surface area contributed by atoms with Crippen LogP contribution in [0.4, 0.5) is 0 Å². The molecule has 0 aromatic carbocycles. The molecule has 0 atom stereocenters. The van der Waals surface area contributed by atoms with Gasteiger partial charge in [0, 0.05) is 26.7 Å². The van der Waals surface area contributed by atoms with Crippen LogP contribution >= 0.6 is 0 Å². The monoisotopic (exact) mass is 245 g/mol. The number of ether oxygens (including phenoxy) is 2. The molecule has 5 nitrogen and oxygen atoms in total. The van der Waals surface area contributed by atoms with E-state index in [0.29, 0.717) is 19.8 Å². The second-order valence-corrected chi connectivity index (χ2v) is 3.93. The average Bonchev–Trinajstić information content (AvgIpc) is 2.27. The highest BCUT2D eigenvalue weighted by Gasteiger charge is 2.09. The van der Waals surface area contributed by atoms with Gasteiger partial charge in [-0.2, -0.15) is 0 Å². The first kappa shape index (κ1) is 16.1. The highest BCUT2D eigenvalue weighted by Crippen LogP contribution is 1.97. The summed E-state index contributed by atoms with van der Waals surface area (Å²) in [5.74, 6) is -0.235. The van der Waals surface area contributed by atoms with E-state index in [-0.39, 0.29) is 24.6 Å². The predicted octanol–water partition coefficient (Wildman–Crippen LogP) is 0.867. The van der Waals surface area contributed by atoms with Crippen molar-refractivity contribution in [3.05, 3.63) is 0 Å². The van der Waals surface area contributed by atoms with Crippen LogP contribution in [0.1, 0.15) is 26.2 Å². The van der Waals surface area contributed by atoms with Gasteiger partial charge in [-0.1, -0.05) is 0 Å². The lowest BCUT2D eigenvalue weighted by Gasteiger charge is -2.15. The highest BCUT2D eigenvalue weighted by atomic mass is 16.5. The number of likely N-dealkylation sites (N-methyl/N-ethyl adjacent to an activating group) is 1. The maximum atomic E-state index is 11.5. The van der Waals surface area contributed by atoms with E-state index >= 15 is 0 Å². The summed E-state index contributed by atoms with van der Waals surface area (Å²) < 4.78 is 9.69. The minimum absolute atomic E-state index is 0.0676. The number of hydrogen-bond acceptors (Lipinski definition) is 5. The van der Waals surface area contributed by atoms with Gasteiger partial charge < -0.3 is 9.47 Å². The van der Waals surface area contributed by atoms with Crippen LogP contribution in [0.3, 0.4) is 0 Å². The van der Waals surface area contributed by atoms with E-state index in [1.807, 2.05) is 11.9 Å². The smallest absolute Gasteiger partial charge is 0.306 e. The first-order chi connectivity index (χ1) is 8.10. The number of Topliss-reactive ketones (excluding diaryl/α,β-unsaturated/α-hetero) is 1. The molecule has 0 aromatic rings. The molecule has 5 heteroatoms. The van der Waals surface area contributed by atoms with Crippen LogP contribution in [0, 0.1) is 0 Å². The van der Waals surface area contributed by atoms with Crippen LogP contribution in [0.25, 0.3) is 0 Å². The van der Waals surface area contributed by atoms with Gasteiger partial charge in [0.1, 0.15) is 5.78 Å². The molecule has 0 unspecified atom stereocenters. The lowest BCUT2D eigenvalue weighted by Crippen LogP contribution is -2.27. The van der Waals surface area contributed by atoms with Crippen molar-refractivity contribution in [3.63, 3.8) is 0 Å².